The third-order valence-electron chi connectivity index (χ3n) is 3.07. The molecule has 0 spiro atoms. The van der Waals surface area contributed by atoms with Gasteiger partial charge >= 0.3 is 12.0 Å². The zero-order valence-corrected chi connectivity index (χ0v) is 10.7. The number of carbonyl (C=O) groups excluding carboxylic acids is 1. The third-order valence-corrected chi connectivity index (χ3v) is 4.58. The van der Waals surface area contributed by atoms with Crippen molar-refractivity contribution in [2.24, 2.45) is 0 Å². The quantitative estimate of drug-likeness (QED) is 0.386. The van der Waals surface area contributed by atoms with Gasteiger partial charge in [-0.3, -0.25) is 4.79 Å². The van der Waals surface area contributed by atoms with Gasteiger partial charge in [-0.15, -0.1) is 0 Å². The van der Waals surface area contributed by atoms with Gasteiger partial charge in [0.25, 0.3) is 0 Å². The number of unbranched alkanes of at least 4 members (excludes halogenated alkanes) is 1. The molecule has 0 aromatic rings. The molecule has 2 aliphatic rings. The fourth-order valence-electron chi connectivity index (χ4n) is 2.26. The Morgan fingerprint density at radius 3 is 2.78 bits per heavy atom. The molecule has 2 heterocycles. The van der Waals surface area contributed by atoms with E-state index < -0.39 is 5.97 Å². The van der Waals surface area contributed by atoms with Crippen LogP contribution in [0.25, 0.3) is 0 Å². The van der Waals surface area contributed by atoms with E-state index in [2.05, 4.69) is 10.6 Å². The van der Waals surface area contributed by atoms with Crippen LogP contribution in [-0.2, 0) is 4.79 Å². The number of hydrogen-bond donors (Lipinski definition) is 3. The van der Waals surface area contributed by atoms with Crippen molar-refractivity contribution in [2.75, 3.05) is 5.75 Å². The van der Waals surface area contributed by atoms with Crippen molar-refractivity contribution in [1.82, 2.24) is 10.6 Å². The standard InChI is InChI=1S/C10H16N2O3S.N2/c13-8(14)4-2-1-3-7-9-6(5-16-7)11-10(15)12-9;1-2/h6-7,9H,1-5H2,(H,13,14)(H2,11,12,15);/t6-,7-,9-;/m1./s1. The summed E-state index contributed by atoms with van der Waals surface area (Å²) in [5, 5.41) is 26.8. The zero-order valence-electron chi connectivity index (χ0n) is 9.83. The Hall–Kier alpha value is -1.49. The molecular weight excluding hydrogens is 256 g/mol. The van der Waals surface area contributed by atoms with E-state index in [0.29, 0.717) is 5.25 Å². The van der Waals surface area contributed by atoms with Gasteiger partial charge < -0.3 is 15.7 Å². The Bertz CT molecular complexity index is 336. The number of nitrogens with zero attached hydrogens (tertiary/aromatic N) is 2. The lowest BCUT2D eigenvalue weighted by molar-refractivity contribution is -0.137. The summed E-state index contributed by atoms with van der Waals surface area (Å²) in [5.74, 6) is 0.236. The highest BCUT2D eigenvalue weighted by Gasteiger charge is 2.42. The summed E-state index contributed by atoms with van der Waals surface area (Å²) in [5.41, 5.74) is 0. The van der Waals surface area contributed by atoms with Gasteiger partial charge in [0.1, 0.15) is 0 Å². The topological polar surface area (TPSA) is 126 Å². The van der Waals surface area contributed by atoms with Crippen LogP contribution in [0.5, 0.6) is 0 Å². The van der Waals surface area contributed by atoms with E-state index in [1.54, 1.807) is 0 Å². The monoisotopic (exact) mass is 272 g/mol. The lowest BCUT2D eigenvalue weighted by Gasteiger charge is -2.16. The highest BCUT2D eigenvalue weighted by atomic mass is 32.2. The van der Waals surface area contributed by atoms with Crippen molar-refractivity contribution < 1.29 is 14.7 Å². The van der Waals surface area contributed by atoms with Crippen LogP contribution in [0.3, 0.4) is 0 Å². The smallest absolute Gasteiger partial charge is 0.315 e. The third kappa shape index (κ3) is 3.77. The van der Waals surface area contributed by atoms with Gasteiger partial charge in [-0.05, 0) is 12.8 Å². The lowest BCUT2D eigenvalue weighted by atomic mass is 10.0. The Kier molecular flexibility index (Phi) is 5.71. The Labute approximate surface area is 109 Å². The number of amides is 2. The first-order valence-corrected chi connectivity index (χ1v) is 6.82. The molecule has 0 aromatic carbocycles. The van der Waals surface area contributed by atoms with E-state index in [1.165, 1.54) is 0 Å². The summed E-state index contributed by atoms with van der Waals surface area (Å²) in [4.78, 5) is 21.5. The minimum atomic E-state index is -0.729. The first-order chi connectivity index (χ1) is 8.66. The van der Waals surface area contributed by atoms with Crippen LogP contribution in [0.2, 0.25) is 0 Å². The highest BCUT2D eigenvalue weighted by Crippen LogP contribution is 2.33. The summed E-state index contributed by atoms with van der Waals surface area (Å²) in [6.07, 6.45) is 2.88. The molecule has 0 aliphatic carbocycles. The SMILES string of the molecule is N#N.O=C(O)CCCC[C@H]1SC[C@H]2NC(=O)N[C@H]21. The first-order valence-electron chi connectivity index (χ1n) is 5.77. The predicted molar refractivity (Wildman–Crippen MR) is 65.0 cm³/mol. The van der Waals surface area contributed by atoms with Crippen LogP contribution >= 0.6 is 11.8 Å². The maximum Gasteiger partial charge on any atom is 0.315 e. The zero-order chi connectivity index (χ0) is 13.5. The fraction of sp³-hybridized carbons (Fsp3) is 0.800. The first kappa shape index (κ1) is 14.6. The Morgan fingerprint density at radius 2 is 2.11 bits per heavy atom. The van der Waals surface area contributed by atoms with Crippen LogP contribution in [0, 0.1) is 10.8 Å². The van der Waals surface area contributed by atoms with E-state index in [9.17, 15) is 9.59 Å². The summed E-state index contributed by atoms with van der Waals surface area (Å²) in [6.45, 7) is 0. The molecule has 0 bridgehead atoms. The van der Waals surface area contributed by atoms with Gasteiger partial charge in [0, 0.05) is 28.2 Å². The minimum Gasteiger partial charge on any atom is -0.481 e. The fourth-order valence-corrected chi connectivity index (χ4v) is 3.81. The molecule has 3 atom stereocenters. The number of rotatable bonds is 5. The maximum absolute atomic E-state index is 11.1. The molecule has 100 valence electrons. The number of carboxylic acids is 1. The molecule has 18 heavy (non-hydrogen) atoms. The average Bonchev–Trinajstić information content (AvgIpc) is 2.87. The van der Waals surface area contributed by atoms with Crippen LogP contribution in [-0.4, -0.2) is 40.2 Å². The van der Waals surface area contributed by atoms with Crippen LogP contribution < -0.4 is 10.6 Å². The highest BCUT2D eigenvalue weighted by molar-refractivity contribution is 8.00. The minimum absolute atomic E-state index is 0.0640. The van der Waals surface area contributed by atoms with Gasteiger partial charge in [0.15, 0.2) is 0 Å². The summed E-state index contributed by atoms with van der Waals surface area (Å²) in [6, 6.07) is 0.440. The van der Waals surface area contributed by atoms with Gasteiger partial charge in [0.2, 0.25) is 0 Å². The largest absolute Gasteiger partial charge is 0.481 e. The van der Waals surface area contributed by atoms with E-state index in [-0.39, 0.29) is 24.5 Å². The molecule has 0 aromatic heterocycles. The van der Waals surface area contributed by atoms with Crippen molar-refractivity contribution in [3.8, 4) is 0 Å². The molecule has 0 unspecified atom stereocenters. The number of nitrogens with one attached hydrogen (secondary N) is 2. The summed E-state index contributed by atoms with van der Waals surface area (Å²) >= 11 is 1.87. The second kappa shape index (κ2) is 7.06. The molecule has 2 rings (SSSR count). The normalized spacial score (nSPS) is 28.6. The number of thioether (sulfide) groups is 1. The van der Waals surface area contributed by atoms with E-state index in [4.69, 9.17) is 15.9 Å². The molecular formula is C10H16N4O3S. The molecule has 3 N–H and O–H groups in total. The Morgan fingerprint density at radius 1 is 1.39 bits per heavy atom. The van der Waals surface area contributed by atoms with Gasteiger partial charge in [-0.25, -0.2) is 4.79 Å². The Balaban J connectivity index is 0.000000771. The summed E-state index contributed by atoms with van der Waals surface area (Å²) in [7, 11) is 0. The molecule has 8 heteroatoms. The van der Waals surface area contributed by atoms with E-state index in [0.717, 1.165) is 25.0 Å². The summed E-state index contributed by atoms with van der Waals surface area (Å²) < 4.78 is 0. The molecule has 7 nitrogen and oxygen atoms in total. The average molecular weight is 272 g/mol. The molecule has 2 saturated heterocycles. The van der Waals surface area contributed by atoms with Crippen LogP contribution in [0.15, 0.2) is 0 Å². The number of carbonyl (C=O) groups is 2. The van der Waals surface area contributed by atoms with Crippen molar-refractivity contribution in [3.63, 3.8) is 0 Å². The number of hydrogen-bond acceptors (Lipinski definition) is 5. The maximum atomic E-state index is 11.1. The molecule has 2 aliphatic heterocycles. The van der Waals surface area contributed by atoms with E-state index >= 15 is 0 Å². The molecule has 2 amide bonds. The van der Waals surface area contributed by atoms with Crippen molar-refractivity contribution in [2.45, 2.75) is 43.0 Å². The van der Waals surface area contributed by atoms with Crippen LogP contribution in [0.4, 0.5) is 4.79 Å². The van der Waals surface area contributed by atoms with Crippen molar-refractivity contribution >= 4 is 23.8 Å². The number of urea groups is 1. The van der Waals surface area contributed by atoms with Crippen LogP contribution in [0.1, 0.15) is 25.7 Å². The van der Waals surface area contributed by atoms with Gasteiger partial charge in [-0.2, -0.15) is 11.8 Å². The lowest BCUT2D eigenvalue weighted by Crippen LogP contribution is -2.36. The predicted octanol–water partition coefficient (Wildman–Crippen LogP) is 0.827. The molecule has 0 radical (unpaired) electrons. The number of aliphatic carboxylic acids is 1. The van der Waals surface area contributed by atoms with Crippen molar-refractivity contribution in [1.29, 1.82) is 10.8 Å². The number of fused-ring (bicyclic) bond motifs is 1. The second-order valence-electron chi connectivity index (χ2n) is 4.26. The molecule has 0 saturated carbocycles. The van der Waals surface area contributed by atoms with Gasteiger partial charge in [-0.1, -0.05) is 6.42 Å². The van der Waals surface area contributed by atoms with Crippen molar-refractivity contribution in [3.05, 3.63) is 0 Å². The van der Waals surface area contributed by atoms with E-state index in [1.807, 2.05) is 11.8 Å². The van der Waals surface area contributed by atoms with Gasteiger partial charge in [0.05, 0.1) is 12.1 Å². The molecule has 2 fully saturated rings. The number of carboxylic acid groups (broad SMARTS) is 1. The second-order valence-corrected chi connectivity index (χ2v) is 5.53.